The molecule has 1 heterocycles. The molecule has 0 saturated heterocycles. The van der Waals surface area contributed by atoms with E-state index in [0.29, 0.717) is 19.8 Å². The summed E-state index contributed by atoms with van der Waals surface area (Å²) in [5, 5.41) is 6.61. The van der Waals surface area contributed by atoms with Crippen LogP contribution in [0.25, 0.3) is 10.9 Å². The second-order valence-corrected chi connectivity index (χ2v) is 4.65. The van der Waals surface area contributed by atoms with Gasteiger partial charge in [0.25, 0.3) is 0 Å². The molecule has 6 heteroatoms. The topological polar surface area (TPSA) is 64.5 Å². The van der Waals surface area contributed by atoms with Gasteiger partial charge in [-0.15, -0.1) is 0 Å². The van der Waals surface area contributed by atoms with Crippen LogP contribution in [-0.2, 0) is 16.0 Å². The second kappa shape index (κ2) is 7.66. The van der Waals surface area contributed by atoms with Crippen LogP contribution in [0.5, 0.6) is 0 Å². The predicted octanol–water partition coefficient (Wildman–Crippen LogP) is 2.06. The number of fused-ring (bicyclic) bond motifs is 1. The number of hydrogen-bond donors (Lipinski definition) is 2. The van der Waals surface area contributed by atoms with Crippen LogP contribution in [0, 0.1) is 0 Å². The fourth-order valence-corrected chi connectivity index (χ4v) is 2.10. The van der Waals surface area contributed by atoms with Gasteiger partial charge in [-0.1, -0.05) is 0 Å². The number of carbonyl (C=O) groups is 1. The molecule has 0 fully saturated rings. The van der Waals surface area contributed by atoms with E-state index in [-0.39, 0.29) is 6.03 Å². The lowest BCUT2D eigenvalue weighted by molar-refractivity contribution is 0.188. The first-order valence-corrected chi connectivity index (χ1v) is 6.86. The molecule has 0 aliphatic rings. The third-order valence-electron chi connectivity index (χ3n) is 3.16. The number of nitrogens with one attached hydrogen (secondary N) is 2. The van der Waals surface area contributed by atoms with Crippen molar-refractivity contribution >= 4 is 22.6 Å². The Labute approximate surface area is 124 Å². The molecule has 2 amide bonds. The van der Waals surface area contributed by atoms with Gasteiger partial charge in [-0.2, -0.15) is 0 Å². The van der Waals surface area contributed by atoms with E-state index < -0.39 is 0 Å². The van der Waals surface area contributed by atoms with Gasteiger partial charge in [0.2, 0.25) is 0 Å². The summed E-state index contributed by atoms with van der Waals surface area (Å²) >= 11 is 0. The van der Waals surface area contributed by atoms with Gasteiger partial charge in [0.15, 0.2) is 0 Å². The fraction of sp³-hybridized carbons (Fsp3) is 0.400. The van der Waals surface area contributed by atoms with Crippen LogP contribution in [0.4, 0.5) is 10.5 Å². The van der Waals surface area contributed by atoms with Crippen molar-refractivity contribution in [3.8, 4) is 0 Å². The van der Waals surface area contributed by atoms with Crippen LogP contribution >= 0.6 is 0 Å². The molecular weight excluding hydrogens is 270 g/mol. The predicted molar refractivity (Wildman–Crippen MR) is 82.7 cm³/mol. The van der Waals surface area contributed by atoms with Crippen LogP contribution < -0.4 is 10.6 Å². The van der Waals surface area contributed by atoms with Crippen molar-refractivity contribution < 1.29 is 14.3 Å². The number of aromatic nitrogens is 1. The van der Waals surface area contributed by atoms with Crippen LogP contribution in [-0.4, -0.2) is 44.6 Å². The van der Waals surface area contributed by atoms with Gasteiger partial charge < -0.3 is 24.7 Å². The van der Waals surface area contributed by atoms with Crippen molar-refractivity contribution in [1.29, 1.82) is 0 Å². The van der Waals surface area contributed by atoms with Crippen LogP contribution in [0.15, 0.2) is 30.5 Å². The fourth-order valence-electron chi connectivity index (χ4n) is 2.10. The highest BCUT2D eigenvalue weighted by Gasteiger charge is 2.05. The van der Waals surface area contributed by atoms with Crippen molar-refractivity contribution in [3.05, 3.63) is 30.5 Å². The zero-order valence-corrected chi connectivity index (χ0v) is 12.4. The molecule has 114 valence electrons. The molecule has 0 unspecified atom stereocenters. The normalized spacial score (nSPS) is 10.8. The van der Waals surface area contributed by atoms with Crippen molar-refractivity contribution in [3.63, 3.8) is 0 Å². The molecule has 0 saturated carbocycles. The number of carbonyl (C=O) groups excluding carboxylic acids is 1. The summed E-state index contributed by atoms with van der Waals surface area (Å²) < 4.78 is 12.1. The molecule has 0 atom stereocenters. The van der Waals surface area contributed by atoms with Crippen molar-refractivity contribution in [2.75, 3.05) is 39.3 Å². The van der Waals surface area contributed by atoms with Gasteiger partial charge in [0, 0.05) is 50.1 Å². The van der Waals surface area contributed by atoms with E-state index in [9.17, 15) is 4.79 Å². The first-order valence-electron chi connectivity index (χ1n) is 6.86. The van der Waals surface area contributed by atoms with E-state index >= 15 is 0 Å². The summed E-state index contributed by atoms with van der Waals surface area (Å²) in [5.74, 6) is 0. The van der Waals surface area contributed by atoms with E-state index in [1.165, 1.54) is 0 Å². The number of ether oxygens (including phenoxy) is 2. The third kappa shape index (κ3) is 4.21. The minimum absolute atomic E-state index is 0.231. The van der Waals surface area contributed by atoms with Gasteiger partial charge in [0.05, 0.1) is 13.2 Å². The lowest BCUT2D eigenvalue weighted by Crippen LogP contribution is -2.31. The minimum Gasteiger partial charge on any atom is -0.383 e. The molecule has 0 bridgehead atoms. The molecule has 0 aliphatic heterocycles. The summed E-state index contributed by atoms with van der Waals surface area (Å²) in [6, 6.07) is 7.63. The summed E-state index contributed by atoms with van der Waals surface area (Å²) in [5.41, 5.74) is 1.89. The maximum atomic E-state index is 11.7. The summed E-state index contributed by atoms with van der Waals surface area (Å²) in [4.78, 5) is 11.7. The van der Waals surface area contributed by atoms with E-state index in [4.69, 9.17) is 9.47 Å². The highest BCUT2D eigenvalue weighted by Crippen LogP contribution is 2.20. The average Bonchev–Trinajstić information content (AvgIpc) is 2.87. The Morgan fingerprint density at radius 1 is 1.19 bits per heavy atom. The molecule has 2 rings (SSSR count). The number of methoxy groups -OCH3 is 2. The van der Waals surface area contributed by atoms with Crippen molar-refractivity contribution in [1.82, 2.24) is 9.88 Å². The number of benzene rings is 1. The number of anilines is 1. The molecular formula is C15H21N3O3. The molecule has 0 spiro atoms. The second-order valence-electron chi connectivity index (χ2n) is 4.65. The quantitative estimate of drug-likeness (QED) is 0.767. The Kier molecular flexibility index (Phi) is 5.59. The minimum atomic E-state index is -0.231. The summed E-state index contributed by atoms with van der Waals surface area (Å²) in [7, 11) is 3.29. The first kappa shape index (κ1) is 15.3. The SMILES string of the molecule is COCCNC(=O)Nc1ccc2c(ccn2CCOC)c1. The van der Waals surface area contributed by atoms with E-state index in [1.807, 2.05) is 30.5 Å². The zero-order chi connectivity index (χ0) is 15.1. The van der Waals surface area contributed by atoms with Crippen molar-refractivity contribution in [2.24, 2.45) is 0 Å². The molecule has 21 heavy (non-hydrogen) atoms. The number of urea groups is 1. The zero-order valence-electron chi connectivity index (χ0n) is 12.4. The highest BCUT2D eigenvalue weighted by molar-refractivity contribution is 5.92. The smallest absolute Gasteiger partial charge is 0.319 e. The number of rotatable bonds is 7. The third-order valence-corrected chi connectivity index (χ3v) is 3.16. The van der Waals surface area contributed by atoms with Crippen LogP contribution in [0.3, 0.4) is 0 Å². The molecule has 2 N–H and O–H groups in total. The van der Waals surface area contributed by atoms with Crippen molar-refractivity contribution in [2.45, 2.75) is 6.54 Å². The highest BCUT2D eigenvalue weighted by atomic mass is 16.5. The monoisotopic (exact) mass is 291 g/mol. The first-order chi connectivity index (χ1) is 10.2. The Morgan fingerprint density at radius 2 is 2.00 bits per heavy atom. The maximum Gasteiger partial charge on any atom is 0.319 e. The van der Waals surface area contributed by atoms with Gasteiger partial charge >= 0.3 is 6.03 Å². The molecule has 1 aromatic carbocycles. The lowest BCUT2D eigenvalue weighted by atomic mass is 10.2. The Balaban J connectivity index is 2.00. The Hall–Kier alpha value is -2.05. The lowest BCUT2D eigenvalue weighted by Gasteiger charge is -2.08. The molecule has 2 aromatic rings. The Bertz CT molecular complexity index is 595. The number of nitrogens with zero attached hydrogens (tertiary/aromatic N) is 1. The van der Waals surface area contributed by atoms with E-state index in [2.05, 4.69) is 15.2 Å². The average molecular weight is 291 g/mol. The molecule has 0 aliphatic carbocycles. The van der Waals surface area contributed by atoms with Crippen LogP contribution in [0.2, 0.25) is 0 Å². The van der Waals surface area contributed by atoms with E-state index in [1.54, 1.807) is 14.2 Å². The number of hydrogen-bond acceptors (Lipinski definition) is 3. The molecule has 0 radical (unpaired) electrons. The van der Waals surface area contributed by atoms with Gasteiger partial charge in [0.1, 0.15) is 0 Å². The van der Waals surface area contributed by atoms with Crippen LogP contribution in [0.1, 0.15) is 0 Å². The molecule has 6 nitrogen and oxygen atoms in total. The maximum absolute atomic E-state index is 11.7. The largest absolute Gasteiger partial charge is 0.383 e. The summed E-state index contributed by atoms with van der Waals surface area (Å²) in [6.07, 6.45) is 2.02. The van der Waals surface area contributed by atoms with Gasteiger partial charge in [-0.05, 0) is 24.3 Å². The summed E-state index contributed by atoms with van der Waals surface area (Å²) in [6.45, 7) is 2.46. The van der Waals surface area contributed by atoms with Gasteiger partial charge in [-0.25, -0.2) is 4.79 Å². The van der Waals surface area contributed by atoms with Gasteiger partial charge in [-0.3, -0.25) is 0 Å². The Morgan fingerprint density at radius 3 is 2.76 bits per heavy atom. The van der Waals surface area contributed by atoms with E-state index in [0.717, 1.165) is 23.1 Å². The molecule has 1 aromatic heterocycles. The number of amides is 2. The standard InChI is InChI=1S/C15H21N3O3/c1-20-9-6-16-15(19)17-13-3-4-14-12(11-13)5-7-18(14)8-10-21-2/h3-5,7,11H,6,8-10H2,1-2H3,(H2,16,17,19).